The molecule has 2 N–H and O–H groups in total. The van der Waals surface area contributed by atoms with Crippen molar-refractivity contribution in [2.24, 2.45) is 0 Å². The van der Waals surface area contributed by atoms with E-state index in [9.17, 15) is 13.6 Å². The van der Waals surface area contributed by atoms with E-state index < -0.39 is 17.5 Å². The van der Waals surface area contributed by atoms with Crippen LogP contribution in [-0.2, 0) is 0 Å². The van der Waals surface area contributed by atoms with E-state index >= 15 is 0 Å². The van der Waals surface area contributed by atoms with Crippen LogP contribution in [0.2, 0.25) is 0 Å². The molecular weight excluding hydrogens is 374 g/mol. The molecule has 1 heterocycles. The molecule has 0 aliphatic heterocycles. The highest BCUT2D eigenvalue weighted by molar-refractivity contribution is 9.10. The number of carbonyl (C=O) groups is 1. The van der Waals surface area contributed by atoms with E-state index in [4.69, 9.17) is 0 Å². The summed E-state index contributed by atoms with van der Waals surface area (Å²) in [6, 6.07) is 3.32. The van der Waals surface area contributed by atoms with Gasteiger partial charge in [-0.05, 0) is 44.0 Å². The molecule has 0 bridgehead atoms. The van der Waals surface area contributed by atoms with E-state index in [-0.39, 0.29) is 15.9 Å². The van der Waals surface area contributed by atoms with Crippen LogP contribution < -0.4 is 5.32 Å². The van der Waals surface area contributed by atoms with E-state index in [1.165, 1.54) is 0 Å². The Hall–Kier alpha value is -1.21. The maximum Gasteiger partial charge on any atom is 0.272 e. The first-order valence-corrected chi connectivity index (χ1v) is 6.36. The first kappa shape index (κ1) is 13.2. The average molecular weight is 380 g/mol. The van der Waals surface area contributed by atoms with Gasteiger partial charge in [-0.1, -0.05) is 0 Å². The standard InChI is InChI=1S/C11H6Br2F2N2O/c12-5-1-9(16-4-5)11(18)17-10-7(13)2-6(14)3-8(10)15/h1-4,16H,(H,17,18). The molecule has 0 aliphatic carbocycles. The molecule has 94 valence electrons. The first-order chi connectivity index (χ1) is 8.47. The zero-order chi connectivity index (χ0) is 13.3. The highest BCUT2D eigenvalue weighted by Gasteiger charge is 2.14. The Morgan fingerprint density at radius 1 is 1.22 bits per heavy atom. The van der Waals surface area contributed by atoms with Gasteiger partial charge in [0.1, 0.15) is 11.5 Å². The van der Waals surface area contributed by atoms with Crippen LogP contribution in [0.5, 0.6) is 0 Å². The maximum atomic E-state index is 13.5. The molecule has 18 heavy (non-hydrogen) atoms. The molecule has 7 heteroatoms. The molecule has 0 fully saturated rings. The van der Waals surface area contributed by atoms with Crippen LogP contribution in [0.15, 0.2) is 33.3 Å². The summed E-state index contributed by atoms with van der Waals surface area (Å²) >= 11 is 6.17. The number of carbonyl (C=O) groups excluding carboxylic acids is 1. The highest BCUT2D eigenvalue weighted by Crippen LogP contribution is 2.27. The molecule has 1 aromatic carbocycles. The van der Waals surface area contributed by atoms with Crippen LogP contribution in [0.4, 0.5) is 14.5 Å². The third-order valence-electron chi connectivity index (χ3n) is 2.14. The van der Waals surface area contributed by atoms with E-state index in [1.807, 2.05) is 0 Å². The Labute approximate surface area is 118 Å². The lowest BCUT2D eigenvalue weighted by Crippen LogP contribution is -2.14. The Balaban J connectivity index is 2.27. The molecular formula is C11H6Br2F2N2O. The zero-order valence-corrected chi connectivity index (χ0v) is 11.9. The number of aromatic amines is 1. The number of aromatic nitrogens is 1. The van der Waals surface area contributed by atoms with Crippen molar-refractivity contribution >= 4 is 43.5 Å². The van der Waals surface area contributed by atoms with Crippen LogP contribution in [0.1, 0.15) is 10.5 Å². The molecule has 0 unspecified atom stereocenters. The smallest absolute Gasteiger partial charge is 0.272 e. The third kappa shape index (κ3) is 2.78. The molecule has 1 aromatic heterocycles. The molecule has 0 aliphatic rings. The second kappa shape index (κ2) is 5.19. The van der Waals surface area contributed by atoms with Crippen LogP contribution in [0.3, 0.4) is 0 Å². The fraction of sp³-hybridized carbons (Fsp3) is 0. The number of hydrogen-bond acceptors (Lipinski definition) is 1. The fourth-order valence-corrected chi connectivity index (χ4v) is 2.19. The lowest BCUT2D eigenvalue weighted by atomic mass is 10.3. The summed E-state index contributed by atoms with van der Waals surface area (Å²) in [4.78, 5) is 14.5. The number of benzene rings is 1. The number of rotatable bonds is 2. The zero-order valence-electron chi connectivity index (χ0n) is 8.73. The van der Waals surface area contributed by atoms with Gasteiger partial charge in [0.2, 0.25) is 0 Å². The number of H-pyrrole nitrogens is 1. The normalized spacial score (nSPS) is 10.4. The van der Waals surface area contributed by atoms with Gasteiger partial charge < -0.3 is 10.3 Å². The summed E-state index contributed by atoms with van der Waals surface area (Å²) in [5.41, 5.74) is 0.157. The van der Waals surface area contributed by atoms with E-state index in [1.54, 1.807) is 12.3 Å². The molecule has 0 spiro atoms. The van der Waals surface area contributed by atoms with Crippen LogP contribution in [-0.4, -0.2) is 10.9 Å². The van der Waals surface area contributed by atoms with Gasteiger partial charge in [0.15, 0.2) is 5.82 Å². The van der Waals surface area contributed by atoms with Gasteiger partial charge in [-0.2, -0.15) is 0 Å². The van der Waals surface area contributed by atoms with Crippen molar-refractivity contribution in [1.29, 1.82) is 0 Å². The largest absolute Gasteiger partial charge is 0.356 e. The minimum absolute atomic E-state index is 0.105. The van der Waals surface area contributed by atoms with Crippen molar-refractivity contribution in [3.05, 3.63) is 50.7 Å². The summed E-state index contributed by atoms with van der Waals surface area (Å²) in [5, 5.41) is 2.36. The number of nitrogens with one attached hydrogen (secondary N) is 2. The lowest BCUT2D eigenvalue weighted by molar-refractivity contribution is 0.102. The lowest BCUT2D eigenvalue weighted by Gasteiger charge is -2.07. The fourth-order valence-electron chi connectivity index (χ4n) is 1.34. The molecule has 0 atom stereocenters. The summed E-state index contributed by atoms with van der Waals surface area (Å²) < 4.78 is 27.2. The van der Waals surface area contributed by atoms with Gasteiger partial charge in [0, 0.05) is 21.2 Å². The quantitative estimate of drug-likeness (QED) is 0.811. The van der Waals surface area contributed by atoms with Gasteiger partial charge >= 0.3 is 0 Å². The third-order valence-corrected chi connectivity index (χ3v) is 3.22. The summed E-state index contributed by atoms with van der Waals surface area (Å²) in [6.07, 6.45) is 1.57. The predicted molar refractivity (Wildman–Crippen MR) is 70.5 cm³/mol. The molecule has 0 saturated carbocycles. The van der Waals surface area contributed by atoms with E-state index in [2.05, 4.69) is 42.2 Å². The van der Waals surface area contributed by atoms with Crippen molar-refractivity contribution in [2.45, 2.75) is 0 Å². The molecule has 2 aromatic rings. The second-order valence-corrected chi connectivity index (χ2v) is 5.20. The topological polar surface area (TPSA) is 44.9 Å². The number of halogens is 4. The summed E-state index contributed by atoms with van der Waals surface area (Å²) in [6.45, 7) is 0. The Bertz CT molecular complexity index is 590. The van der Waals surface area contributed by atoms with Crippen molar-refractivity contribution in [3.8, 4) is 0 Å². The van der Waals surface area contributed by atoms with E-state index in [0.29, 0.717) is 10.5 Å². The SMILES string of the molecule is O=C(Nc1c(F)cc(F)cc1Br)c1cc(Br)c[nH]1. The molecule has 0 saturated heterocycles. The summed E-state index contributed by atoms with van der Waals surface area (Å²) in [5.74, 6) is -2.09. The number of hydrogen-bond donors (Lipinski definition) is 2. The van der Waals surface area contributed by atoms with Crippen molar-refractivity contribution in [3.63, 3.8) is 0 Å². The van der Waals surface area contributed by atoms with Crippen LogP contribution >= 0.6 is 31.9 Å². The molecule has 1 amide bonds. The Kier molecular flexibility index (Phi) is 3.82. The average Bonchev–Trinajstić information content (AvgIpc) is 2.70. The van der Waals surface area contributed by atoms with Crippen LogP contribution in [0.25, 0.3) is 0 Å². The maximum absolute atomic E-state index is 13.5. The van der Waals surface area contributed by atoms with Gasteiger partial charge in [-0.15, -0.1) is 0 Å². The monoisotopic (exact) mass is 378 g/mol. The number of amides is 1. The Morgan fingerprint density at radius 3 is 2.50 bits per heavy atom. The second-order valence-electron chi connectivity index (χ2n) is 3.43. The number of anilines is 1. The van der Waals surface area contributed by atoms with E-state index in [0.717, 1.165) is 6.07 Å². The van der Waals surface area contributed by atoms with Gasteiger partial charge in [0.05, 0.1) is 5.69 Å². The minimum Gasteiger partial charge on any atom is -0.356 e. The van der Waals surface area contributed by atoms with Crippen molar-refractivity contribution < 1.29 is 13.6 Å². The van der Waals surface area contributed by atoms with Gasteiger partial charge in [0.25, 0.3) is 5.91 Å². The summed E-state index contributed by atoms with van der Waals surface area (Å²) in [7, 11) is 0. The van der Waals surface area contributed by atoms with Crippen molar-refractivity contribution in [1.82, 2.24) is 4.98 Å². The van der Waals surface area contributed by atoms with Crippen molar-refractivity contribution in [2.75, 3.05) is 5.32 Å². The predicted octanol–water partition coefficient (Wildman–Crippen LogP) is 4.07. The van der Waals surface area contributed by atoms with Crippen LogP contribution in [0, 0.1) is 11.6 Å². The highest BCUT2D eigenvalue weighted by atomic mass is 79.9. The minimum atomic E-state index is -0.846. The molecule has 0 radical (unpaired) electrons. The first-order valence-electron chi connectivity index (χ1n) is 4.77. The van der Waals surface area contributed by atoms with Gasteiger partial charge in [-0.3, -0.25) is 4.79 Å². The Morgan fingerprint density at radius 2 is 1.94 bits per heavy atom. The molecule has 3 nitrogen and oxygen atoms in total. The molecule has 2 rings (SSSR count). The van der Waals surface area contributed by atoms with Gasteiger partial charge in [-0.25, -0.2) is 8.78 Å².